The molecule has 0 spiro atoms. The molecular weight excluding hydrogens is 388 g/mol. The average molecular weight is 415 g/mol. The molecule has 4 rings (SSSR count). The molecule has 5 nitrogen and oxygen atoms in total. The van der Waals surface area contributed by atoms with E-state index in [4.69, 9.17) is 4.74 Å². The van der Waals surface area contributed by atoms with Crippen molar-refractivity contribution in [3.05, 3.63) is 101 Å². The first-order valence-electron chi connectivity index (χ1n) is 10.4. The number of amides is 2. The normalized spacial score (nSPS) is 17.9. The first-order valence-corrected chi connectivity index (χ1v) is 10.4. The highest BCUT2D eigenvalue weighted by Gasteiger charge is 2.43. The second-order valence-electron chi connectivity index (χ2n) is 7.77. The molecule has 0 unspecified atom stereocenters. The number of benzene rings is 3. The van der Waals surface area contributed by atoms with Crippen molar-refractivity contribution in [2.45, 2.75) is 18.9 Å². The monoisotopic (exact) mass is 414 g/mol. The number of methoxy groups -OCH3 is 1. The van der Waals surface area contributed by atoms with Crippen LogP contribution >= 0.6 is 0 Å². The zero-order valence-electron chi connectivity index (χ0n) is 17.7. The summed E-state index contributed by atoms with van der Waals surface area (Å²) in [6, 6.07) is 24.4. The van der Waals surface area contributed by atoms with E-state index in [1.165, 1.54) is 0 Å². The fourth-order valence-corrected chi connectivity index (χ4v) is 4.19. The maximum atomic E-state index is 13.6. The molecule has 0 radical (unpaired) electrons. The number of anilines is 1. The fourth-order valence-electron chi connectivity index (χ4n) is 4.19. The van der Waals surface area contributed by atoms with Crippen molar-refractivity contribution in [3.63, 3.8) is 0 Å². The van der Waals surface area contributed by atoms with Gasteiger partial charge in [0.2, 0.25) is 5.91 Å². The van der Waals surface area contributed by atoms with E-state index >= 15 is 0 Å². The quantitative estimate of drug-likeness (QED) is 0.643. The molecule has 158 valence electrons. The Hall–Kier alpha value is -3.44. The van der Waals surface area contributed by atoms with Gasteiger partial charge < -0.3 is 15.0 Å². The smallest absolute Gasteiger partial charge is 0.254 e. The second kappa shape index (κ2) is 9.14. The van der Waals surface area contributed by atoms with Crippen molar-refractivity contribution in [2.75, 3.05) is 25.6 Å². The summed E-state index contributed by atoms with van der Waals surface area (Å²) in [5.74, 6) is -0.768. The third-order valence-electron chi connectivity index (χ3n) is 5.72. The van der Waals surface area contributed by atoms with E-state index in [1.54, 1.807) is 18.1 Å². The molecule has 0 fully saturated rings. The van der Waals surface area contributed by atoms with Gasteiger partial charge in [0.05, 0.1) is 18.6 Å². The van der Waals surface area contributed by atoms with Crippen LogP contribution in [0.15, 0.2) is 78.9 Å². The Labute approximate surface area is 182 Å². The van der Waals surface area contributed by atoms with Crippen molar-refractivity contribution >= 4 is 17.5 Å². The molecule has 3 aromatic carbocycles. The Kier molecular flexibility index (Phi) is 6.14. The molecule has 1 aliphatic rings. The van der Waals surface area contributed by atoms with Gasteiger partial charge in [-0.25, -0.2) is 0 Å². The first-order chi connectivity index (χ1) is 15.1. The highest BCUT2D eigenvalue weighted by Crippen LogP contribution is 2.43. The van der Waals surface area contributed by atoms with Crippen LogP contribution in [0.4, 0.5) is 5.69 Å². The topological polar surface area (TPSA) is 58.6 Å². The largest absolute Gasteiger partial charge is 0.383 e. The number of rotatable bonds is 6. The third kappa shape index (κ3) is 4.23. The van der Waals surface area contributed by atoms with E-state index < -0.39 is 12.0 Å². The lowest BCUT2D eigenvalue weighted by Gasteiger charge is -2.41. The zero-order valence-corrected chi connectivity index (χ0v) is 17.7. The number of carbonyl (C=O) groups excluding carboxylic acids is 2. The van der Waals surface area contributed by atoms with Crippen LogP contribution in [-0.4, -0.2) is 37.0 Å². The predicted molar refractivity (Wildman–Crippen MR) is 121 cm³/mol. The molecule has 0 saturated carbocycles. The number of ether oxygens (including phenoxy) is 1. The average Bonchev–Trinajstić information content (AvgIpc) is 2.80. The van der Waals surface area contributed by atoms with Crippen LogP contribution in [0, 0.1) is 6.92 Å². The van der Waals surface area contributed by atoms with Crippen LogP contribution < -0.4 is 5.32 Å². The van der Waals surface area contributed by atoms with Gasteiger partial charge in [0.25, 0.3) is 5.91 Å². The molecule has 0 bridgehead atoms. The fraction of sp³-hybridized carbons (Fsp3) is 0.231. The summed E-state index contributed by atoms with van der Waals surface area (Å²) in [7, 11) is 1.61. The molecule has 1 N–H and O–H groups in total. The van der Waals surface area contributed by atoms with Crippen LogP contribution in [0.25, 0.3) is 0 Å². The molecule has 0 aromatic heterocycles. The predicted octanol–water partition coefficient (Wildman–Crippen LogP) is 4.56. The van der Waals surface area contributed by atoms with Crippen molar-refractivity contribution in [1.82, 2.24) is 4.90 Å². The summed E-state index contributed by atoms with van der Waals surface area (Å²) in [4.78, 5) is 28.8. The number of nitrogens with zero attached hydrogens (tertiary/aromatic N) is 1. The summed E-state index contributed by atoms with van der Waals surface area (Å²) in [5, 5.41) is 3.06. The van der Waals surface area contributed by atoms with Crippen LogP contribution in [0.2, 0.25) is 0 Å². The van der Waals surface area contributed by atoms with E-state index in [0.717, 1.165) is 22.4 Å². The molecule has 1 aliphatic heterocycles. The minimum absolute atomic E-state index is 0.0825. The minimum atomic E-state index is -0.547. The molecule has 2 atom stereocenters. The lowest BCUT2D eigenvalue weighted by molar-refractivity contribution is -0.119. The van der Waals surface area contributed by atoms with E-state index in [-0.39, 0.29) is 11.8 Å². The second-order valence-corrected chi connectivity index (χ2v) is 7.77. The Morgan fingerprint density at radius 1 is 0.968 bits per heavy atom. The van der Waals surface area contributed by atoms with Crippen molar-refractivity contribution in [2.24, 2.45) is 0 Å². The van der Waals surface area contributed by atoms with Gasteiger partial charge >= 0.3 is 0 Å². The highest BCUT2D eigenvalue weighted by molar-refractivity contribution is 6.04. The Balaban J connectivity index is 1.80. The summed E-state index contributed by atoms with van der Waals surface area (Å²) >= 11 is 0. The van der Waals surface area contributed by atoms with Crippen molar-refractivity contribution < 1.29 is 14.3 Å². The molecule has 3 aromatic rings. The highest BCUT2D eigenvalue weighted by atomic mass is 16.5. The van der Waals surface area contributed by atoms with Crippen LogP contribution in [0.1, 0.15) is 39.0 Å². The Morgan fingerprint density at radius 2 is 1.65 bits per heavy atom. The van der Waals surface area contributed by atoms with E-state index in [2.05, 4.69) is 5.32 Å². The molecular formula is C26H26N2O3. The number of fused-ring (bicyclic) bond motifs is 1. The molecule has 1 heterocycles. The van der Waals surface area contributed by atoms with Crippen LogP contribution in [0.3, 0.4) is 0 Å². The summed E-state index contributed by atoms with van der Waals surface area (Å²) in [6.07, 6.45) is 0. The SMILES string of the molecule is COCCN1C(=O)c2ccccc2[C@@H](C(=O)Nc2ccc(C)cc2)[C@H]1c1ccccc1. The van der Waals surface area contributed by atoms with Crippen molar-refractivity contribution in [3.8, 4) is 0 Å². The maximum Gasteiger partial charge on any atom is 0.254 e. The summed E-state index contributed by atoms with van der Waals surface area (Å²) in [5.41, 5.74) is 4.10. The van der Waals surface area contributed by atoms with E-state index in [9.17, 15) is 9.59 Å². The van der Waals surface area contributed by atoms with Gasteiger partial charge in [-0.1, -0.05) is 66.2 Å². The van der Waals surface area contributed by atoms with E-state index in [0.29, 0.717) is 18.7 Å². The standard InChI is InChI=1S/C26H26N2O3/c1-18-12-14-20(15-13-18)27-25(29)23-21-10-6-7-11-22(21)26(30)28(16-17-31-2)24(23)19-8-4-3-5-9-19/h3-15,23-24H,16-17H2,1-2H3,(H,27,29)/t23-,24-/m1/s1. The van der Waals surface area contributed by atoms with Gasteiger partial charge in [0.1, 0.15) is 0 Å². The number of aryl methyl sites for hydroxylation is 1. The minimum Gasteiger partial charge on any atom is -0.383 e. The zero-order chi connectivity index (χ0) is 21.8. The van der Waals surface area contributed by atoms with Crippen LogP contribution in [-0.2, 0) is 9.53 Å². The lowest BCUT2D eigenvalue weighted by Crippen LogP contribution is -2.47. The van der Waals surface area contributed by atoms with Gasteiger partial charge in [-0.05, 0) is 36.2 Å². The lowest BCUT2D eigenvalue weighted by atomic mass is 9.79. The molecule has 0 saturated heterocycles. The molecule has 2 amide bonds. The molecule has 0 aliphatic carbocycles. The first kappa shape index (κ1) is 20.8. The Morgan fingerprint density at radius 3 is 2.35 bits per heavy atom. The number of hydrogen-bond donors (Lipinski definition) is 1. The van der Waals surface area contributed by atoms with Gasteiger partial charge in [0, 0.05) is 24.9 Å². The maximum absolute atomic E-state index is 13.6. The van der Waals surface area contributed by atoms with Crippen molar-refractivity contribution in [1.29, 1.82) is 0 Å². The molecule has 31 heavy (non-hydrogen) atoms. The Bertz CT molecular complexity index is 1060. The summed E-state index contributed by atoms with van der Waals surface area (Å²) < 4.78 is 5.27. The third-order valence-corrected chi connectivity index (χ3v) is 5.72. The molecule has 5 heteroatoms. The van der Waals surface area contributed by atoms with Gasteiger partial charge in [0.15, 0.2) is 0 Å². The van der Waals surface area contributed by atoms with E-state index in [1.807, 2.05) is 79.7 Å². The summed E-state index contributed by atoms with van der Waals surface area (Å²) in [6.45, 7) is 2.80. The number of hydrogen-bond acceptors (Lipinski definition) is 3. The van der Waals surface area contributed by atoms with Gasteiger partial charge in [-0.2, -0.15) is 0 Å². The number of nitrogens with one attached hydrogen (secondary N) is 1. The number of carbonyl (C=O) groups is 2. The van der Waals surface area contributed by atoms with Crippen LogP contribution in [0.5, 0.6) is 0 Å². The van der Waals surface area contributed by atoms with Gasteiger partial charge in [-0.3, -0.25) is 9.59 Å². The van der Waals surface area contributed by atoms with Gasteiger partial charge in [-0.15, -0.1) is 0 Å².